The molecule has 20 heavy (non-hydrogen) atoms. The number of nitrogens with two attached hydrogens (primary N) is 1. The van der Waals surface area contributed by atoms with Crippen molar-refractivity contribution in [2.45, 2.75) is 32.2 Å². The lowest BCUT2D eigenvalue weighted by molar-refractivity contribution is -0.132. The van der Waals surface area contributed by atoms with Gasteiger partial charge >= 0.3 is 0 Å². The van der Waals surface area contributed by atoms with Crippen LogP contribution in [-0.2, 0) is 4.79 Å². The van der Waals surface area contributed by atoms with Crippen molar-refractivity contribution in [1.82, 2.24) is 4.90 Å². The van der Waals surface area contributed by atoms with Crippen molar-refractivity contribution in [2.75, 3.05) is 13.1 Å². The molecule has 0 aromatic heterocycles. The number of likely N-dealkylation sites (tertiary alicyclic amines) is 1. The molecule has 1 unspecified atom stereocenters. The van der Waals surface area contributed by atoms with Gasteiger partial charge in [-0.15, -0.1) is 12.4 Å². The Morgan fingerprint density at radius 3 is 2.65 bits per heavy atom. The fourth-order valence-electron chi connectivity index (χ4n) is 2.70. The maximum atomic E-state index is 12.7. The number of rotatable bonds is 3. The maximum Gasteiger partial charge on any atom is 0.230 e. The summed E-state index contributed by atoms with van der Waals surface area (Å²) < 4.78 is 0. The monoisotopic (exact) mass is 316 g/mol. The second kappa shape index (κ2) is 7.30. The van der Waals surface area contributed by atoms with E-state index < -0.39 is 0 Å². The van der Waals surface area contributed by atoms with Crippen LogP contribution in [0.4, 0.5) is 0 Å². The Morgan fingerprint density at radius 1 is 1.45 bits per heavy atom. The zero-order chi connectivity index (χ0) is 14.0. The molecule has 2 rings (SSSR count). The SMILES string of the molecule is CC(C)C(C(=O)N1CC[C@@H](N)C1)c1cccc(Cl)c1.Cl. The molecule has 1 amide bonds. The Bertz CT molecular complexity index is 465. The summed E-state index contributed by atoms with van der Waals surface area (Å²) in [7, 11) is 0. The van der Waals surface area contributed by atoms with Crippen LogP contribution in [0.15, 0.2) is 24.3 Å². The van der Waals surface area contributed by atoms with Gasteiger partial charge in [0.05, 0.1) is 5.92 Å². The molecule has 2 N–H and O–H groups in total. The zero-order valence-corrected chi connectivity index (χ0v) is 13.5. The molecule has 1 aliphatic heterocycles. The number of hydrogen-bond acceptors (Lipinski definition) is 2. The molecule has 112 valence electrons. The van der Waals surface area contributed by atoms with E-state index in [0.717, 1.165) is 18.5 Å². The number of nitrogens with zero attached hydrogens (tertiary/aromatic N) is 1. The van der Waals surface area contributed by atoms with Crippen molar-refractivity contribution >= 4 is 29.9 Å². The summed E-state index contributed by atoms with van der Waals surface area (Å²) in [5.74, 6) is 0.275. The minimum Gasteiger partial charge on any atom is -0.341 e. The Labute approximate surface area is 131 Å². The van der Waals surface area contributed by atoms with E-state index in [0.29, 0.717) is 11.6 Å². The lowest BCUT2D eigenvalue weighted by Crippen LogP contribution is -2.37. The van der Waals surface area contributed by atoms with Crippen LogP contribution < -0.4 is 5.73 Å². The quantitative estimate of drug-likeness (QED) is 0.931. The summed E-state index contributed by atoms with van der Waals surface area (Å²) in [6, 6.07) is 7.72. The number of hydrogen-bond donors (Lipinski definition) is 1. The van der Waals surface area contributed by atoms with Gasteiger partial charge in [0.25, 0.3) is 0 Å². The molecular formula is C15H22Cl2N2O. The number of amides is 1. The molecule has 1 fully saturated rings. The van der Waals surface area contributed by atoms with Gasteiger partial charge in [-0.25, -0.2) is 0 Å². The van der Waals surface area contributed by atoms with Crippen LogP contribution in [0.1, 0.15) is 31.7 Å². The first kappa shape index (κ1) is 17.3. The van der Waals surface area contributed by atoms with Gasteiger partial charge in [0.2, 0.25) is 5.91 Å². The van der Waals surface area contributed by atoms with Crippen molar-refractivity contribution < 1.29 is 4.79 Å². The van der Waals surface area contributed by atoms with E-state index in [1.54, 1.807) is 0 Å². The van der Waals surface area contributed by atoms with Gasteiger partial charge in [0.1, 0.15) is 0 Å². The predicted molar refractivity (Wildman–Crippen MR) is 85.5 cm³/mol. The third kappa shape index (κ3) is 3.87. The van der Waals surface area contributed by atoms with E-state index in [-0.39, 0.29) is 36.2 Å². The first-order valence-electron chi connectivity index (χ1n) is 6.79. The smallest absolute Gasteiger partial charge is 0.230 e. The Hall–Kier alpha value is -0.770. The second-order valence-corrected chi connectivity index (χ2v) is 6.05. The number of halogens is 2. The summed E-state index contributed by atoms with van der Waals surface area (Å²) in [6.07, 6.45) is 0.895. The van der Waals surface area contributed by atoms with Crippen LogP contribution in [0, 0.1) is 5.92 Å². The molecular weight excluding hydrogens is 295 g/mol. The molecule has 0 radical (unpaired) electrons. The predicted octanol–water partition coefficient (Wildman–Crippen LogP) is 3.06. The third-order valence-electron chi connectivity index (χ3n) is 3.68. The van der Waals surface area contributed by atoms with Gasteiger partial charge in [-0.1, -0.05) is 37.6 Å². The molecule has 1 aliphatic rings. The molecule has 0 spiro atoms. The van der Waals surface area contributed by atoms with Crippen LogP contribution in [-0.4, -0.2) is 29.9 Å². The second-order valence-electron chi connectivity index (χ2n) is 5.61. The van der Waals surface area contributed by atoms with E-state index in [4.69, 9.17) is 17.3 Å². The Kier molecular flexibility index (Phi) is 6.31. The van der Waals surface area contributed by atoms with Gasteiger partial charge < -0.3 is 10.6 Å². The molecule has 0 aliphatic carbocycles. The van der Waals surface area contributed by atoms with Crippen molar-refractivity contribution in [3.8, 4) is 0 Å². The average Bonchev–Trinajstić information content (AvgIpc) is 2.75. The molecule has 1 heterocycles. The van der Waals surface area contributed by atoms with Crippen LogP contribution in [0.25, 0.3) is 0 Å². The highest BCUT2D eigenvalue weighted by Crippen LogP contribution is 2.29. The zero-order valence-electron chi connectivity index (χ0n) is 11.9. The highest BCUT2D eigenvalue weighted by Gasteiger charge is 2.32. The number of benzene rings is 1. The van der Waals surface area contributed by atoms with Crippen molar-refractivity contribution in [2.24, 2.45) is 11.7 Å². The molecule has 0 saturated carbocycles. The van der Waals surface area contributed by atoms with Crippen molar-refractivity contribution in [3.05, 3.63) is 34.9 Å². The summed E-state index contributed by atoms with van der Waals surface area (Å²) in [6.45, 7) is 5.57. The van der Waals surface area contributed by atoms with Crippen LogP contribution in [0.2, 0.25) is 5.02 Å². The standard InChI is InChI=1S/C15H21ClN2O.ClH/c1-10(2)14(11-4-3-5-12(16)8-11)15(19)18-7-6-13(17)9-18;/h3-5,8,10,13-14H,6-7,9,17H2,1-2H3;1H/t13-,14?;/m1./s1. The molecule has 1 aromatic rings. The molecule has 0 bridgehead atoms. The minimum absolute atomic E-state index is 0. The number of carbonyl (C=O) groups is 1. The first-order chi connectivity index (χ1) is 8.99. The van der Waals surface area contributed by atoms with Gasteiger partial charge in [0, 0.05) is 24.2 Å². The molecule has 1 aromatic carbocycles. The summed E-state index contributed by atoms with van der Waals surface area (Å²) >= 11 is 6.04. The summed E-state index contributed by atoms with van der Waals surface area (Å²) in [5, 5.41) is 0.675. The molecule has 3 nitrogen and oxygen atoms in total. The highest BCUT2D eigenvalue weighted by atomic mass is 35.5. The van der Waals surface area contributed by atoms with Crippen molar-refractivity contribution in [1.29, 1.82) is 0 Å². The average molecular weight is 317 g/mol. The molecule has 1 saturated heterocycles. The van der Waals surface area contributed by atoms with Crippen LogP contribution in [0.5, 0.6) is 0 Å². The maximum absolute atomic E-state index is 12.7. The van der Waals surface area contributed by atoms with Crippen molar-refractivity contribution in [3.63, 3.8) is 0 Å². The summed E-state index contributed by atoms with van der Waals surface area (Å²) in [5.41, 5.74) is 6.88. The van der Waals surface area contributed by atoms with E-state index in [9.17, 15) is 4.79 Å². The van der Waals surface area contributed by atoms with Crippen LogP contribution >= 0.6 is 24.0 Å². The third-order valence-corrected chi connectivity index (χ3v) is 3.91. The fraction of sp³-hybridized carbons (Fsp3) is 0.533. The Morgan fingerprint density at radius 2 is 2.15 bits per heavy atom. The summed E-state index contributed by atoms with van der Waals surface area (Å²) in [4.78, 5) is 14.6. The first-order valence-corrected chi connectivity index (χ1v) is 7.16. The van der Waals surface area contributed by atoms with E-state index >= 15 is 0 Å². The van der Waals surface area contributed by atoms with Gasteiger partial charge in [-0.2, -0.15) is 0 Å². The normalized spacial score (nSPS) is 19.9. The Balaban J connectivity index is 0.00000200. The van der Waals surface area contributed by atoms with Gasteiger partial charge in [0.15, 0.2) is 0 Å². The number of carbonyl (C=O) groups excluding carboxylic acids is 1. The van der Waals surface area contributed by atoms with E-state index in [1.807, 2.05) is 29.2 Å². The van der Waals surface area contributed by atoms with Gasteiger partial charge in [-0.05, 0) is 30.0 Å². The largest absolute Gasteiger partial charge is 0.341 e. The topological polar surface area (TPSA) is 46.3 Å². The lowest BCUT2D eigenvalue weighted by Gasteiger charge is -2.26. The fourth-order valence-corrected chi connectivity index (χ4v) is 2.90. The van der Waals surface area contributed by atoms with Crippen LogP contribution in [0.3, 0.4) is 0 Å². The minimum atomic E-state index is -0.135. The van der Waals surface area contributed by atoms with E-state index in [2.05, 4.69) is 13.8 Å². The van der Waals surface area contributed by atoms with Gasteiger partial charge in [-0.3, -0.25) is 4.79 Å². The molecule has 2 atom stereocenters. The molecule has 5 heteroatoms. The lowest BCUT2D eigenvalue weighted by atomic mass is 9.87. The van der Waals surface area contributed by atoms with E-state index in [1.165, 1.54) is 0 Å². The highest BCUT2D eigenvalue weighted by molar-refractivity contribution is 6.30.